The van der Waals surface area contributed by atoms with Crippen LogP contribution in [0.25, 0.3) is 10.9 Å². The molecule has 3 aromatic rings. The maximum absolute atomic E-state index is 13.0. The second-order valence-corrected chi connectivity index (χ2v) is 5.64. The largest absolute Gasteiger partial charge is 0.349 e. The van der Waals surface area contributed by atoms with Gasteiger partial charge in [-0.3, -0.25) is 24.7 Å². The standard InChI is InChI=1S/C17H13F2N5O4/c18-5-6-20-15(25)12-7-11(24(27)28)8-13-14(12)22-17(23-16(13)26)21-10-3-1-9(19)2-4-10/h1-4,7-8H,5-6H2,(H,20,25)(H2,21,22,23,26). The van der Waals surface area contributed by atoms with Crippen molar-refractivity contribution in [3.63, 3.8) is 0 Å². The number of nitrogens with one attached hydrogen (secondary N) is 3. The molecule has 1 amide bonds. The van der Waals surface area contributed by atoms with Gasteiger partial charge in [0.05, 0.1) is 21.4 Å². The van der Waals surface area contributed by atoms with Crippen LogP contribution >= 0.6 is 0 Å². The molecule has 0 aliphatic rings. The van der Waals surface area contributed by atoms with Crippen molar-refractivity contribution in [2.24, 2.45) is 0 Å². The van der Waals surface area contributed by atoms with Crippen molar-refractivity contribution in [3.8, 4) is 0 Å². The van der Waals surface area contributed by atoms with Gasteiger partial charge in [0.25, 0.3) is 17.2 Å². The molecule has 3 N–H and O–H groups in total. The molecule has 2 aromatic carbocycles. The number of halogens is 2. The van der Waals surface area contributed by atoms with Gasteiger partial charge in [-0.05, 0) is 24.3 Å². The van der Waals surface area contributed by atoms with E-state index in [0.717, 1.165) is 12.1 Å². The van der Waals surface area contributed by atoms with Crippen LogP contribution in [0.3, 0.4) is 0 Å². The minimum atomic E-state index is -0.829. The smallest absolute Gasteiger partial charge is 0.271 e. The van der Waals surface area contributed by atoms with E-state index in [4.69, 9.17) is 0 Å². The fourth-order valence-corrected chi connectivity index (χ4v) is 2.49. The molecule has 0 unspecified atom stereocenters. The number of hydrogen-bond donors (Lipinski definition) is 3. The minimum Gasteiger partial charge on any atom is -0.349 e. The second-order valence-electron chi connectivity index (χ2n) is 5.64. The number of H-pyrrole nitrogens is 1. The van der Waals surface area contributed by atoms with Crippen molar-refractivity contribution in [1.82, 2.24) is 15.3 Å². The van der Waals surface area contributed by atoms with Gasteiger partial charge in [-0.25, -0.2) is 13.8 Å². The molecule has 11 heteroatoms. The number of rotatable bonds is 6. The highest BCUT2D eigenvalue weighted by Crippen LogP contribution is 2.23. The first kappa shape index (κ1) is 18.9. The van der Waals surface area contributed by atoms with Gasteiger partial charge in [0.1, 0.15) is 12.5 Å². The minimum absolute atomic E-state index is 0.0579. The number of fused-ring (bicyclic) bond motifs is 1. The van der Waals surface area contributed by atoms with Crippen molar-refractivity contribution in [2.75, 3.05) is 18.5 Å². The molecule has 0 atom stereocenters. The number of alkyl halides is 1. The molecule has 28 heavy (non-hydrogen) atoms. The number of amides is 1. The number of aromatic amines is 1. The zero-order chi connectivity index (χ0) is 20.3. The van der Waals surface area contributed by atoms with Crippen molar-refractivity contribution in [1.29, 1.82) is 0 Å². The first-order valence-electron chi connectivity index (χ1n) is 7.98. The lowest BCUT2D eigenvalue weighted by Gasteiger charge is -2.09. The van der Waals surface area contributed by atoms with Crippen LogP contribution < -0.4 is 16.2 Å². The van der Waals surface area contributed by atoms with Crippen LogP contribution in [0.15, 0.2) is 41.2 Å². The number of aromatic nitrogens is 2. The van der Waals surface area contributed by atoms with Gasteiger partial charge in [-0.1, -0.05) is 0 Å². The SMILES string of the molecule is O=C(NCCF)c1cc([N+](=O)[O-])cc2c(=O)[nH]c(Nc3ccc(F)cc3)nc12. The first-order valence-corrected chi connectivity index (χ1v) is 7.98. The maximum atomic E-state index is 13.0. The number of nitro groups is 1. The highest BCUT2D eigenvalue weighted by atomic mass is 19.1. The van der Waals surface area contributed by atoms with Crippen molar-refractivity contribution >= 4 is 34.1 Å². The van der Waals surface area contributed by atoms with Crippen LogP contribution in [-0.2, 0) is 0 Å². The summed E-state index contributed by atoms with van der Waals surface area (Å²) >= 11 is 0. The number of nitro benzene ring substituents is 1. The summed E-state index contributed by atoms with van der Waals surface area (Å²) in [5.74, 6) is -1.32. The Balaban J connectivity index is 2.13. The van der Waals surface area contributed by atoms with Gasteiger partial charge >= 0.3 is 0 Å². The molecule has 0 radical (unpaired) electrons. The average molecular weight is 389 g/mol. The Morgan fingerprint density at radius 1 is 1.25 bits per heavy atom. The summed E-state index contributed by atoms with van der Waals surface area (Å²) in [4.78, 5) is 41.6. The van der Waals surface area contributed by atoms with Gasteiger partial charge in [-0.2, -0.15) is 0 Å². The molecule has 1 aromatic heterocycles. The Bertz CT molecular complexity index is 1110. The van der Waals surface area contributed by atoms with E-state index in [2.05, 4.69) is 20.6 Å². The van der Waals surface area contributed by atoms with Crippen LogP contribution in [0, 0.1) is 15.9 Å². The van der Waals surface area contributed by atoms with Gasteiger partial charge in [-0.15, -0.1) is 0 Å². The van der Waals surface area contributed by atoms with Crippen molar-refractivity contribution in [2.45, 2.75) is 0 Å². The van der Waals surface area contributed by atoms with Crippen LogP contribution in [-0.4, -0.2) is 34.0 Å². The van der Waals surface area contributed by atoms with E-state index in [0.29, 0.717) is 5.69 Å². The van der Waals surface area contributed by atoms with Gasteiger partial charge < -0.3 is 10.6 Å². The molecule has 0 saturated carbocycles. The summed E-state index contributed by atoms with van der Waals surface area (Å²) in [5, 5.41) is 15.9. The summed E-state index contributed by atoms with van der Waals surface area (Å²) in [6.07, 6.45) is 0. The fourth-order valence-electron chi connectivity index (χ4n) is 2.49. The van der Waals surface area contributed by atoms with E-state index in [-0.39, 0.29) is 29.0 Å². The summed E-state index contributed by atoms with van der Waals surface area (Å²) < 4.78 is 25.4. The molecule has 0 fully saturated rings. The van der Waals surface area contributed by atoms with Crippen LogP contribution in [0.2, 0.25) is 0 Å². The Labute approximate surface area is 155 Å². The molecule has 0 aliphatic heterocycles. The zero-order valence-corrected chi connectivity index (χ0v) is 14.2. The van der Waals surface area contributed by atoms with Gasteiger partial charge in [0.2, 0.25) is 5.95 Å². The number of benzene rings is 2. The van der Waals surface area contributed by atoms with Crippen molar-refractivity contribution < 1.29 is 18.5 Å². The summed E-state index contributed by atoms with van der Waals surface area (Å²) in [6, 6.07) is 7.16. The average Bonchev–Trinajstić information content (AvgIpc) is 2.67. The molecule has 0 saturated heterocycles. The third-order valence-corrected chi connectivity index (χ3v) is 3.74. The molecule has 9 nitrogen and oxygen atoms in total. The summed E-state index contributed by atoms with van der Waals surface area (Å²) in [6.45, 7) is -1.13. The quantitative estimate of drug-likeness (QED) is 0.438. The Morgan fingerprint density at radius 3 is 2.61 bits per heavy atom. The Kier molecular flexibility index (Phi) is 5.25. The van der Waals surface area contributed by atoms with Crippen LogP contribution in [0.1, 0.15) is 10.4 Å². The zero-order valence-electron chi connectivity index (χ0n) is 14.2. The number of anilines is 2. The number of nitrogens with zero attached hydrogens (tertiary/aromatic N) is 2. The van der Waals surface area contributed by atoms with Crippen molar-refractivity contribution in [3.05, 3.63) is 68.2 Å². The highest BCUT2D eigenvalue weighted by molar-refractivity contribution is 6.06. The number of carbonyl (C=O) groups excluding carboxylic acids is 1. The Hall–Kier alpha value is -3.89. The molecular weight excluding hydrogens is 376 g/mol. The molecule has 1 heterocycles. The molecular formula is C17H13F2N5O4. The fraction of sp³-hybridized carbons (Fsp3) is 0.118. The monoisotopic (exact) mass is 389 g/mol. The third-order valence-electron chi connectivity index (χ3n) is 3.74. The van der Waals surface area contributed by atoms with Gasteiger partial charge in [0, 0.05) is 24.4 Å². The molecule has 0 spiro atoms. The lowest BCUT2D eigenvalue weighted by molar-refractivity contribution is -0.384. The van der Waals surface area contributed by atoms with E-state index in [9.17, 15) is 28.5 Å². The van der Waals surface area contributed by atoms with E-state index in [1.165, 1.54) is 24.3 Å². The first-order chi connectivity index (χ1) is 13.4. The molecule has 144 valence electrons. The van der Waals surface area contributed by atoms with Crippen LogP contribution in [0.4, 0.5) is 26.1 Å². The lowest BCUT2D eigenvalue weighted by atomic mass is 10.1. The highest BCUT2D eigenvalue weighted by Gasteiger charge is 2.20. The predicted molar refractivity (Wildman–Crippen MR) is 97.0 cm³/mol. The summed E-state index contributed by atoms with van der Waals surface area (Å²) in [5.41, 5.74) is -1.14. The normalized spacial score (nSPS) is 10.6. The number of carbonyl (C=O) groups is 1. The predicted octanol–water partition coefficient (Wildman–Crippen LogP) is 2.41. The Morgan fingerprint density at radius 2 is 1.96 bits per heavy atom. The van der Waals surface area contributed by atoms with E-state index < -0.39 is 34.6 Å². The van der Waals surface area contributed by atoms with E-state index >= 15 is 0 Å². The number of non-ortho nitro benzene ring substituents is 1. The van der Waals surface area contributed by atoms with Crippen LogP contribution in [0.5, 0.6) is 0 Å². The number of hydrogen-bond acceptors (Lipinski definition) is 6. The van der Waals surface area contributed by atoms with Gasteiger partial charge in [0.15, 0.2) is 0 Å². The molecule has 3 rings (SSSR count). The third kappa shape index (κ3) is 3.92. The molecule has 0 bridgehead atoms. The lowest BCUT2D eigenvalue weighted by Crippen LogP contribution is -2.26. The summed E-state index contributed by atoms with van der Waals surface area (Å²) in [7, 11) is 0. The topological polar surface area (TPSA) is 130 Å². The van der Waals surface area contributed by atoms with E-state index in [1.54, 1.807) is 0 Å². The second kappa shape index (κ2) is 7.78. The molecule has 0 aliphatic carbocycles. The maximum Gasteiger partial charge on any atom is 0.271 e. The van der Waals surface area contributed by atoms with E-state index in [1.807, 2.05) is 0 Å².